The zero-order valence-electron chi connectivity index (χ0n) is 17.7. The van der Waals surface area contributed by atoms with E-state index in [4.69, 9.17) is 10.5 Å². The van der Waals surface area contributed by atoms with E-state index in [2.05, 4.69) is 9.51 Å². The number of hydrogen-bond acceptors (Lipinski definition) is 14. The Kier molecular flexibility index (Phi) is 15.2. The molecule has 6 atom stereocenters. The number of hydrogen-bond donors (Lipinski definition) is 3. The van der Waals surface area contributed by atoms with Gasteiger partial charge < -0.3 is 59.9 Å². The van der Waals surface area contributed by atoms with Gasteiger partial charge >= 0.3 is 94.4 Å². The molecule has 0 aromatic carbocycles. The molecule has 15 nitrogen and oxygen atoms in total. The molecule has 1 aliphatic heterocycles. The van der Waals surface area contributed by atoms with E-state index in [0.717, 1.165) is 4.57 Å². The number of anilines is 1. The predicted molar refractivity (Wildman–Crippen MR) is 83.5 cm³/mol. The molecule has 4 N–H and O–H groups in total. The summed E-state index contributed by atoms with van der Waals surface area (Å²) < 4.78 is 43.4. The summed E-state index contributed by atoms with van der Waals surface area (Å²) in [6.45, 7) is -8.10. The van der Waals surface area contributed by atoms with Crippen LogP contribution in [0.1, 0.15) is 1.43 Å². The maximum absolute atomic E-state index is 11.7. The van der Waals surface area contributed by atoms with Crippen molar-refractivity contribution in [3.05, 3.63) is 22.7 Å². The van der Waals surface area contributed by atoms with Gasteiger partial charge in [-0.2, -0.15) is 4.98 Å². The monoisotopic (exact) mass is 531 g/mol. The van der Waals surface area contributed by atoms with Crippen molar-refractivity contribution in [3.8, 4) is 0 Å². The number of aliphatic hydroxyl groups is 2. The Morgan fingerprint density at radius 3 is 2.13 bits per heavy atom. The predicted octanol–water partition coefficient (Wildman–Crippen LogP) is -13.6. The SMILES string of the molecule is Nc1ccn(C[C@H]2O[C@@H](COP(=O)([O-])P(=O)([O-])P(=O)([O-])[O-])[C@H](O)[C@@H]2O)c(=O)n1.[H-].[Na+].[Na+].[Na+]. The molecule has 1 aromatic rings. The van der Waals surface area contributed by atoms with E-state index in [1.54, 1.807) is 0 Å². The Morgan fingerprint density at radius 2 is 1.65 bits per heavy atom. The molecule has 162 valence electrons. The van der Waals surface area contributed by atoms with Gasteiger partial charge in [-0.1, -0.05) is 0 Å². The molecule has 1 aliphatic rings. The Hall–Kier alpha value is 2.05. The number of nitrogens with zero attached hydrogens (tertiary/aromatic N) is 2. The van der Waals surface area contributed by atoms with Crippen molar-refractivity contribution in [1.82, 2.24) is 9.55 Å². The van der Waals surface area contributed by atoms with Crippen LogP contribution in [0.4, 0.5) is 5.82 Å². The Bertz CT molecular complexity index is 950. The van der Waals surface area contributed by atoms with Crippen LogP contribution >= 0.6 is 21.3 Å². The number of aromatic nitrogens is 2. The molecule has 0 radical (unpaired) electrons. The van der Waals surface area contributed by atoms with Gasteiger partial charge in [-0.25, -0.2) is 4.79 Å². The van der Waals surface area contributed by atoms with Gasteiger partial charge in [0.1, 0.15) is 37.0 Å². The third-order valence-corrected chi connectivity index (χ3v) is 13.5. The number of aliphatic hydroxyl groups excluding tert-OH is 2. The first-order chi connectivity index (χ1) is 12.7. The number of nitrogens with two attached hydrogens (primary N) is 1. The summed E-state index contributed by atoms with van der Waals surface area (Å²) in [5, 5.41) is 19.8. The Morgan fingerprint density at radius 1 is 1.13 bits per heavy atom. The normalized spacial score (nSPS) is 27.0. The van der Waals surface area contributed by atoms with E-state index in [-0.39, 0.29) is 102 Å². The average molecular weight is 531 g/mol. The molecular formula is C10H15N3Na3O12P3-2. The third-order valence-electron chi connectivity index (χ3n) is 3.75. The van der Waals surface area contributed by atoms with Gasteiger partial charge in [-0.05, 0) is 13.4 Å². The summed E-state index contributed by atoms with van der Waals surface area (Å²) in [5.74, 6) is -0.0669. The fourth-order valence-electron chi connectivity index (χ4n) is 2.26. The summed E-state index contributed by atoms with van der Waals surface area (Å²) in [4.78, 5) is 59.0. The molecule has 0 amide bonds. The van der Waals surface area contributed by atoms with Crippen LogP contribution in [0, 0.1) is 0 Å². The first-order valence-electron chi connectivity index (χ1n) is 7.31. The maximum Gasteiger partial charge on any atom is 1.00 e. The summed E-state index contributed by atoms with van der Waals surface area (Å²) >= 11 is 0. The zero-order valence-corrected chi connectivity index (χ0v) is 25.4. The van der Waals surface area contributed by atoms with Gasteiger partial charge in [-0.3, -0.25) is 4.57 Å². The van der Waals surface area contributed by atoms with Crippen molar-refractivity contribution >= 4 is 27.1 Å². The Labute approximate surface area is 243 Å². The molecule has 0 aliphatic carbocycles. The van der Waals surface area contributed by atoms with Crippen LogP contribution in [0.15, 0.2) is 17.1 Å². The fourth-order valence-corrected chi connectivity index (χ4v) is 7.34. The minimum absolute atomic E-state index is 0. The van der Waals surface area contributed by atoms with E-state index in [1.807, 2.05) is 0 Å². The zero-order chi connectivity index (χ0) is 21.5. The van der Waals surface area contributed by atoms with Crippen molar-refractivity contribution in [3.63, 3.8) is 0 Å². The van der Waals surface area contributed by atoms with Gasteiger partial charge in [0, 0.05) is 6.20 Å². The second-order valence-electron chi connectivity index (χ2n) is 5.70. The van der Waals surface area contributed by atoms with Crippen molar-refractivity contribution in [1.29, 1.82) is 0 Å². The van der Waals surface area contributed by atoms with Crippen LogP contribution < -0.4 is 120 Å². The first-order valence-corrected chi connectivity index (χ1v) is 13.4. The minimum Gasteiger partial charge on any atom is -1.00 e. The maximum atomic E-state index is 11.7. The van der Waals surface area contributed by atoms with Crippen molar-refractivity contribution in [2.75, 3.05) is 12.3 Å². The van der Waals surface area contributed by atoms with Crippen LogP contribution in [0.5, 0.6) is 0 Å². The molecule has 1 aromatic heterocycles. The van der Waals surface area contributed by atoms with E-state index in [0.29, 0.717) is 0 Å². The molecule has 31 heavy (non-hydrogen) atoms. The van der Waals surface area contributed by atoms with Crippen LogP contribution in [0.2, 0.25) is 0 Å². The standard InChI is InChI=1S/C10H18N3O12P3.3Na.H/c11-7-1-2-13(10(16)12-7)3-5-8(14)9(15)6(25-5)4-24-27(20,21)28(22,23)26(17,18)19;;;;/h1-2,5-6,8-9,14-15H,3-4H2,(H,20,21)(H,22,23)(H2,11,12,16)(H2,17,18,19);;;;/q;3*+1;-1/p-4/t5-,6+,8-,9+;;;;/m1..../s1. The van der Waals surface area contributed by atoms with Gasteiger partial charge in [0.25, 0.3) is 0 Å². The molecule has 1 fully saturated rings. The summed E-state index contributed by atoms with van der Waals surface area (Å²) in [6, 6.07) is 1.27. The van der Waals surface area contributed by atoms with E-state index < -0.39 is 58.0 Å². The quantitative estimate of drug-likeness (QED) is 0.218. The summed E-state index contributed by atoms with van der Waals surface area (Å²) in [5.41, 5.74) is 4.52. The van der Waals surface area contributed by atoms with Crippen molar-refractivity contribution < 1.29 is 143 Å². The third kappa shape index (κ3) is 8.30. The van der Waals surface area contributed by atoms with E-state index in [1.165, 1.54) is 12.3 Å². The van der Waals surface area contributed by atoms with E-state index >= 15 is 0 Å². The van der Waals surface area contributed by atoms with Crippen LogP contribution in [0.3, 0.4) is 0 Å². The molecular weight excluding hydrogens is 516 g/mol. The van der Waals surface area contributed by atoms with Crippen molar-refractivity contribution in [2.45, 2.75) is 31.0 Å². The average Bonchev–Trinajstić information content (AvgIpc) is 2.82. The molecule has 21 heteroatoms. The molecule has 0 bridgehead atoms. The topological polar surface area (TPSA) is 263 Å². The molecule has 0 saturated carbocycles. The molecule has 2 unspecified atom stereocenters. The summed E-state index contributed by atoms with van der Waals surface area (Å²) in [7, 11) is -12.8. The van der Waals surface area contributed by atoms with Crippen LogP contribution in [-0.4, -0.2) is 50.8 Å². The second kappa shape index (κ2) is 13.4. The number of ether oxygens (including phenoxy) is 1. The molecule has 0 spiro atoms. The second-order valence-corrected chi connectivity index (χ2v) is 15.9. The fraction of sp³-hybridized carbons (Fsp3) is 0.600. The van der Waals surface area contributed by atoms with Gasteiger partial charge in [-0.15, -0.1) is 0 Å². The van der Waals surface area contributed by atoms with Crippen molar-refractivity contribution in [2.24, 2.45) is 0 Å². The largest absolute Gasteiger partial charge is 1.00 e. The number of rotatable bonds is 7. The van der Waals surface area contributed by atoms with Gasteiger partial charge in [0.15, 0.2) is 7.28 Å². The van der Waals surface area contributed by atoms with Crippen LogP contribution in [-0.2, 0) is 29.5 Å². The minimum atomic E-state index is -6.55. The first kappa shape index (κ1) is 35.2. The molecule has 2 heterocycles. The summed E-state index contributed by atoms with van der Waals surface area (Å²) in [6.07, 6.45) is -5.08. The van der Waals surface area contributed by atoms with Gasteiger partial charge in [0.05, 0.1) is 13.2 Å². The van der Waals surface area contributed by atoms with Gasteiger partial charge in [0.2, 0.25) is 0 Å². The van der Waals surface area contributed by atoms with Crippen LogP contribution in [0.25, 0.3) is 0 Å². The smallest absolute Gasteiger partial charge is 1.00 e. The molecule has 1 saturated heterocycles. The molecule has 2 rings (SSSR count). The Balaban J connectivity index is -0.00000210. The van der Waals surface area contributed by atoms with E-state index in [9.17, 15) is 48.3 Å². The number of nitrogen functional groups attached to an aromatic ring is 1.